The first kappa shape index (κ1) is 25.7. The lowest BCUT2D eigenvalue weighted by Gasteiger charge is -2.32. The van der Waals surface area contributed by atoms with E-state index in [1.807, 2.05) is 6.07 Å². The highest BCUT2D eigenvalue weighted by atomic mass is 35.5. The number of carbonyl (C=O) groups excluding carboxylic acids is 2. The van der Waals surface area contributed by atoms with Crippen molar-refractivity contribution < 1.29 is 18.0 Å². The molecule has 2 aromatic carbocycles. The van der Waals surface area contributed by atoms with Gasteiger partial charge in [0.15, 0.2) is 0 Å². The summed E-state index contributed by atoms with van der Waals surface area (Å²) in [6.45, 7) is 7.16. The average Bonchev–Trinajstić information content (AvgIpc) is 2.71. The van der Waals surface area contributed by atoms with Crippen molar-refractivity contribution in [1.29, 1.82) is 0 Å². The van der Waals surface area contributed by atoms with E-state index in [1.54, 1.807) is 64.1 Å². The smallest absolute Gasteiger partial charge is 0.244 e. The van der Waals surface area contributed by atoms with Crippen LogP contribution in [0.5, 0.6) is 0 Å². The number of para-hydroxylation sites is 1. The molecule has 0 bridgehead atoms. The molecule has 0 spiro atoms. The number of hydrogen-bond acceptors (Lipinski definition) is 4. The third-order valence-electron chi connectivity index (χ3n) is 5.15. The quantitative estimate of drug-likeness (QED) is 0.598. The van der Waals surface area contributed by atoms with Crippen molar-refractivity contribution >= 4 is 39.1 Å². The van der Waals surface area contributed by atoms with E-state index in [0.29, 0.717) is 17.3 Å². The van der Waals surface area contributed by atoms with Gasteiger partial charge in [-0.2, -0.15) is 0 Å². The van der Waals surface area contributed by atoms with Crippen molar-refractivity contribution in [2.24, 2.45) is 0 Å². The molecule has 174 valence electrons. The molecule has 32 heavy (non-hydrogen) atoms. The lowest BCUT2D eigenvalue weighted by Crippen LogP contribution is -2.51. The van der Waals surface area contributed by atoms with E-state index < -0.39 is 28.5 Å². The van der Waals surface area contributed by atoms with Gasteiger partial charge in [0, 0.05) is 18.1 Å². The summed E-state index contributed by atoms with van der Waals surface area (Å²) in [5, 5.41) is 3.28. The number of aryl methyl sites for hydroxylation is 2. The molecule has 1 atom stereocenters. The van der Waals surface area contributed by atoms with Gasteiger partial charge in [-0.15, -0.1) is 0 Å². The van der Waals surface area contributed by atoms with Crippen molar-refractivity contribution in [3.8, 4) is 0 Å². The Bertz CT molecular complexity index is 1050. The van der Waals surface area contributed by atoms with Crippen LogP contribution in [0.3, 0.4) is 0 Å². The lowest BCUT2D eigenvalue weighted by atomic mass is 10.1. The Labute approximate surface area is 195 Å². The lowest BCUT2D eigenvalue weighted by molar-refractivity contribution is -0.139. The number of amides is 2. The van der Waals surface area contributed by atoms with Crippen LogP contribution in [0, 0.1) is 13.8 Å². The van der Waals surface area contributed by atoms with Crippen LogP contribution in [0.25, 0.3) is 0 Å². The Morgan fingerprint density at radius 1 is 1.06 bits per heavy atom. The number of nitrogens with one attached hydrogen (secondary N) is 1. The number of carbonyl (C=O) groups is 2. The van der Waals surface area contributed by atoms with Gasteiger partial charge >= 0.3 is 0 Å². The zero-order valence-corrected chi connectivity index (χ0v) is 20.6. The highest BCUT2D eigenvalue weighted by Crippen LogP contribution is 2.27. The summed E-state index contributed by atoms with van der Waals surface area (Å²) in [4.78, 5) is 27.4. The number of likely N-dealkylation sites (N-methyl/N-ethyl adjacent to an activating group) is 1. The molecular formula is C23H30ClN3O4S. The van der Waals surface area contributed by atoms with Crippen LogP contribution in [-0.2, 0) is 26.2 Å². The number of sulfonamides is 1. The third kappa shape index (κ3) is 6.46. The first-order valence-corrected chi connectivity index (χ1v) is 12.5. The normalized spacial score (nSPS) is 12.2. The minimum absolute atomic E-state index is 0.138. The van der Waals surface area contributed by atoms with E-state index in [4.69, 9.17) is 11.6 Å². The highest BCUT2D eigenvalue weighted by Gasteiger charge is 2.30. The first-order chi connectivity index (χ1) is 15.0. The number of halogens is 1. The molecule has 0 aliphatic carbocycles. The molecule has 0 unspecified atom stereocenters. The molecule has 1 N–H and O–H groups in total. The molecule has 0 fully saturated rings. The molecule has 0 aliphatic heterocycles. The highest BCUT2D eigenvalue weighted by molar-refractivity contribution is 7.92. The Kier molecular flexibility index (Phi) is 8.69. The van der Waals surface area contributed by atoms with Crippen LogP contribution in [0.1, 0.15) is 30.5 Å². The van der Waals surface area contributed by atoms with Gasteiger partial charge in [0.1, 0.15) is 12.6 Å². The number of benzene rings is 2. The van der Waals surface area contributed by atoms with Gasteiger partial charge in [-0.3, -0.25) is 13.9 Å². The maximum atomic E-state index is 13.4. The molecule has 2 aromatic rings. The summed E-state index contributed by atoms with van der Waals surface area (Å²) in [5.41, 5.74) is 2.73. The number of hydrogen-bond donors (Lipinski definition) is 1. The van der Waals surface area contributed by atoms with Crippen molar-refractivity contribution in [1.82, 2.24) is 10.2 Å². The zero-order chi connectivity index (χ0) is 24.1. The van der Waals surface area contributed by atoms with Gasteiger partial charge in [0.2, 0.25) is 21.8 Å². The minimum Gasteiger partial charge on any atom is -0.355 e. The first-order valence-electron chi connectivity index (χ1n) is 10.3. The fourth-order valence-corrected chi connectivity index (χ4v) is 4.56. The van der Waals surface area contributed by atoms with E-state index in [0.717, 1.165) is 27.3 Å². The molecule has 9 heteroatoms. The van der Waals surface area contributed by atoms with Crippen LogP contribution in [-0.4, -0.2) is 50.5 Å². The van der Waals surface area contributed by atoms with Gasteiger partial charge in [-0.1, -0.05) is 41.9 Å². The van der Waals surface area contributed by atoms with Crippen molar-refractivity contribution in [3.05, 3.63) is 64.2 Å². The molecule has 2 amide bonds. The Hall–Kier alpha value is -2.58. The van der Waals surface area contributed by atoms with Crippen LogP contribution in [0.2, 0.25) is 5.02 Å². The third-order valence-corrected chi connectivity index (χ3v) is 6.52. The van der Waals surface area contributed by atoms with Crippen molar-refractivity contribution in [2.75, 3.05) is 23.7 Å². The standard InChI is InChI=1S/C23H30ClN3O4S/c1-6-25-23(29)18(4)26(14-19-10-12-20(24)13-11-19)21(28)15-27(32(5,30)31)22-16(2)8-7-9-17(22)3/h7-13,18H,6,14-15H2,1-5H3,(H,25,29)/t18-/m0/s1. The molecular weight excluding hydrogens is 450 g/mol. The summed E-state index contributed by atoms with van der Waals surface area (Å²) in [6.07, 6.45) is 1.07. The summed E-state index contributed by atoms with van der Waals surface area (Å²) in [6, 6.07) is 11.6. The van der Waals surface area contributed by atoms with E-state index in [1.165, 1.54) is 4.90 Å². The predicted octanol–water partition coefficient (Wildman–Crippen LogP) is 3.28. The molecule has 0 heterocycles. The fourth-order valence-electron chi connectivity index (χ4n) is 3.47. The second-order valence-electron chi connectivity index (χ2n) is 7.73. The van der Waals surface area contributed by atoms with Crippen LogP contribution < -0.4 is 9.62 Å². The van der Waals surface area contributed by atoms with Crippen molar-refractivity contribution in [2.45, 2.75) is 40.3 Å². The van der Waals surface area contributed by atoms with Gasteiger partial charge < -0.3 is 10.2 Å². The maximum absolute atomic E-state index is 13.4. The second kappa shape index (κ2) is 10.8. The van der Waals surface area contributed by atoms with E-state index in [9.17, 15) is 18.0 Å². The second-order valence-corrected chi connectivity index (χ2v) is 10.1. The predicted molar refractivity (Wildman–Crippen MR) is 128 cm³/mol. The van der Waals surface area contributed by atoms with Crippen LogP contribution in [0.15, 0.2) is 42.5 Å². The summed E-state index contributed by atoms with van der Waals surface area (Å²) in [7, 11) is -3.76. The van der Waals surface area contributed by atoms with E-state index in [2.05, 4.69) is 5.32 Å². The summed E-state index contributed by atoms with van der Waals surface area (Å²) < 4.78 is 26.4. The minimum atomic E-state index is -3.76. The van der Waals surface area contributed by atoms with Gasteiger partial charge in [-0.25, -0.2) is 8.42 Å². The SMILES string of the molecule is CCNC(=O)[C@H](C)N(Cc1ccc(Cl)cc1)C(=O)CN(c1c(C)cccc1C)S(C)(=O)=O. The molecule has 0 saturated carbocycles. The van der Waals surface area contributed by atoms with Gasteiger partial charge in [0.05, 0.1) is 11.9 Å². The van der Waals surface area contributed by atoms with Crippen molar-refractivity contribution in [3.63, 3.8) is 0 Å². The molecule has 0 aromatic heterocycles. The molecule has 2 rings (SSSR count). The average molecular weight is 480 g/mol. The largest absolute Gasteiger partial charge is 0.355 e. The Morgan fingerprint density at radius 2 is 1.62 bits per heavy atom. The summed E-state index contributed by atoms with van der Waals surface area (Å²) >= 11 is 5.96. The monoisotopic (exact) mass is 479 g/mol. The van der Waals surface area contributed by atoms with Gasteiger partial charge in [-0.05, 0) is 56.5 Å². The molecule has 0 saturated heterocycles. The van der Waals surface area contributed by atoms with Crippen LogP contribution in [0.4, 0.5) is 5.69 Å². The number of nitrogens with zero attached hydrogens (tertiary/aromatic N) is 2. The molecule has 7 nitrogen and oxygen atoms in total. The summed E-state index contributed by atoms with van der Waals surface area (Å²) in [5.74, 6) is -0.792. The topological polar surface area (TPSA) is 86.8 Å². The molecule has 0 aliphatic rings. The number of anilines is 1. The van der Waals surface area contributed by atoms with E-state index in [-0.39, 0.29) is 12.5 Å². The van der Waals surface area contributed by atoms with Gasteiger partial charge in [0.25, 0.3) is 0 Å². The molecule has 0 radical (unpaired) electrons. The Morgan fingerprint density at radius 3 is 2.12 bits per heavy atom. The zero-order valence-electron chi connectivity index (χ0n) is 19.1. The fraction of sp³-hybridized carbons (Fsp3) is 0.391. The Balaban J connectivity index is 2.43. The maximum Gasteiger partial charge on any atom is 0.244 e. The van der Waals surface area contributed by atoms with E-state index >= 15 is 0 Å². The van der Waals surface area contributed by atoms with Crippen LogP contribution >= 0.6 is 11.6 Å². The number of rotatable bonds is 9.